The lowest BCUT2D eigenvalue weighted by atomic mass is 10.1. The van der Waals surface area contributed by atoms with Crippen LogP contribution in [0.1, 0.15) is 11.3 Å². The summed E-state index contributed by atoms with van der Waals surface area (Å²) in [6.07, 6.45) is -2.86. The first-order chi connectivity index (χ1) is 11.8. The summed E-state index contributed by atoms with van der Waals surface area (Å²) in [5.41, 5.74) is -0.0953. The lowest BCUT2D eigenvalue weighted by Gasteiger charge is -2.10. The molecule has 1 amide bonds. The van der Waals surface area contributed by atoms with Crippen molar-refractivity contribution in [2.75, 3.05) is 20.8 Å². The molecule has 25 heavy (non-hydrogen) atoms. The van der Waals surface area contributed by atoms with Crippen molar-refractivity contribution in [2.24, 2.45) is 0 Å². The first kappa shape index (κ1) is 18.6. The van der Waals surface area contributed by atoms with E-state index in [2.05, 4.69) is 10.4 Å². The fourth-order valence-corrected chi connectivity index (χ4v) is 2.19. The van der Waals surface area contributed by atoms with Crippen molar-refractivity contribution in [1.82, 2.24) is 15.1 Å². The van der Waals surface area contributed by atoms with Gasteiger partial charge in [0.1, 0.15) is 6.54 Å². The summed E-state index contributed by atoms with van der Waals surface area (Å²) in [4.78, 5) is 11.8. The van der Waals surface area contributed by atoms with Crippen LogP contribution >= 0.6 is 0 Å². The minimum atomic E-state index is -4.52. The van der Waals surface area contributed by atoms with Crippen LogP contribution in [0.2, 0.25) is 0 Å². The Morgan fingerprint density at radius 3 is 2.52 bits per heavy atom. The van der Waals surface area contributed by atoms with E-state index in [-0.39, 0.29) is 6.54 Å². The van der Waals surface area contributed by atoms with Crippen LogP contribution in [0.25, 0.3) is 0 Å². The molecule has 1 N–H and O–H groups in total. The second-order valence-corrected chi connectivity index (χ2v) is 5.19. The highest BCUT2D eigenvalue weighted by molar-refractivity contribution is 5.75. The van der Waals surface area contributed by atoms with Gasteiger partial charge in [-0.05, 0) is 30.2 Å². The number of rotatable bonds is 7. The van der Waals surface area contributed by atoms with Gasteiger partial charge in [0.15, 0.2) is 17.2 Å². The molecule has 0 aliphatic rings. The van der Waals surface area contributed by atoms with E-state index in [0.717, 1.165) is 22.5 Å². The molecule has 1 heterocycles. The van der Waals surface area contributed by atoms with Gasteiger partial charge in [0, 0.05) is 12.7 Å². The van der Waals surface area contributed by atoms with Gasteiger partial charge in [-0.15, -0.1) is 0 Å². The standard InChI is InChI=1S/C16H18F3N3O3/c1-24-12-4-3-11(9-13(12)25-2)5-7-20-15(23)10-22-8-6-14(21-22)16(17,18)19/h3-4,6,8-9H,5,7,10H2,1-2H3,(H,20,23). The number of nitrogens with one attached hydrogen (secondary N) is 1. The SMILES string of the molecule is COc1ccc(CCNC(=O)Cn2ccc(C(F)(F)F)n2)cc1OC. The monoisotopic (exact) mass is 357 g/mol. The van der Waals surface area contributed by atoms with Crippen LogP contribution in [0.15, 0.2) is 30.5 Å². The van der Waals surface area contributed by atoms with Crippen LogP contribution in [-0.2, 0) is 23.9 Å². The second kappa shape index (κ2) is 7.91. The van der Waals surface area contributed by atoms with Gasteiger partial charge in [-0.3, -0.25) is 9.48 Å². The zero-order valence-electron chi connectivity index (χ0n) is 13.8. The molecule has 2 rings (SSSR count). The van der Waals surface area contributed by atoms with Crippen molar-refractivity contribution in [3.8, 4) is 11.5 Å². The van der Waals surface area contributed by atoms with Gasteiger partial charge in [0.2, 0.25) is 5.91 Å². The molecular weight excluding hydrogens is 339 g/mol. The zero-order valence-corrected chi connectivity index (χ0v) is 13.8. The fraction of sp³-hybridized carbons (Fsp3) is 0.375. The predicted octanol–water partition coefficient (Wildman–Crippen LogP) is 2.28. The average molecular weight is 357 g/mol. The molecule has 6 nitrogen and oxygen atoms in total. The zero-order chi connectivity index (χ0) is 18.4. The van der Waals surface area contributed by atoms with Gasteiger partial charge in [0.05, 0.1) is 14.2 Å². The number of halogens is 3. The van der Waals surface area contributed by atoms with Gasteiger partial charge in [0.25, 0.3) is 0 Å². The number of aromatic nitrogens is 2. The molecular formula is C16H18F3N3O3. The van der Waals surface area contributed by atoms with E-state index in [1.54, 1.807) is 12.1 Å². The van der Waals surface area contributed by atoms with Crippen LogP contribution in [0.4, 0.5) is 13.2 Å². The number of amides is 1. The van der Waals surface area contributed by atoms with Crippen molar-refractivity contribution in [3.05, 3.63) is 41.7 Å². The number of carbonyl (C=O) groups is 1. The Labute approximate surface area is 142 Å². The summed E-state index contributed by atoms with van der Waals surface area (Å²) in [6.45, 7) is 0.0593. The minimum absolute atomic E-state index is 0.276. The summed E-state index contributed by atoms with van der Waals surface area (Å²) >= 11 is 0. The Hall–Kier alpha value is -2.71. The molecule has 0 radical (unpaired) electrons. The van der Waals surface area contributed by atoms with E-state index in [1.807, 2.05) is 6.07 Å². The summed E-state index contributed by atoms with van der Waals surface area (Å²) in [5.74, 6) is 0.772. The molecule has 0 spiro atoms. The van der Waals surface area contributed by atoms with Gasteiger partial charge in [-0.2, -0.15) is 18.3 Å². The lowest BCUT2D eigenvalue weighted by molar-refractivity contribution is -0.141. The quantitative estimate of drug-likeness (QED) is 0.826. The van der Waals surface area contributed by atoms with Crippen molar-refractivity contribution in [3.63, 3.8) is 0 Å². The first-order valence-electron chi connectivity index (χ1n) is 7.41. The van der Waals surface area contributed by atoms with E-state index in [9.17, 15) is 18.0 Å². The molecule has 1 aromatic heterocycles. The van der Waals surface area contributed by atoms with Gasteiger partial charge < -0.3 is 14.8 Å². The summed E-state index contributed by atoms with van der Waals surface area (Å²) in [5, 5.41) is 5.97. The van der Waals surface area contributed by atoms with E-state index < -0.39 is 17.8 Å². The normalized spacial score (nSPS) is 11.2. The van der Waals surface area contributed by atoms with Crippen LogP contribution < -0.4 is 14.8 Å². The Bertz CT molecular complexity index is 729. The molecule has 0 fully saturated rings. The topological polar surface area (TPSA) is 65.4 Å². The van der Waals surface area contributed by atoms with Crippen LogP contribution in [0.3, 0.4) is 0 Å². The van der Waals surface area contributed by atoms with E-state index in [1.165, 1.54) is 14.2 Å². The second-order valence-electron chi connectivity index (χ2n) is 5.19. The number of hydrogen-bond donors (Lipinski definition) is 1. The maximum atomic E-state index is 12.4. The highest BCUT2D eigenvalue weighted by Gasteiger charge is 2.33. The van der Waals surface area contributed by atoms with Crippen LogP contribution in [0.5, 0.6) is 11.5 Å². The number of methoxy groups -OCH3 is 2. The number of carbonyl (C=O) groups excluding carboxylic acids is 1. The molecule has 0 unspecified atom stereocenters. The molecule has 0 saturated carbocycles. The number of benzene rings is 1. The molecule has 0 saturated heterocycles. The van der Waals surface area contributed by atoms with Gasteiger partial charge in [-0.1, -0.05) is 6.07 Å². The Morgan fingerprint density at radius 1 is 1.20 bits per heavy atom. The number of alkyl halides is 3. The maximum absolute atomic E-state index is 12.4. The summed E-state index contributed by atoms with van der Waals surface area (Å²) in [6, 6.07) is 6.24. The molecule has 136 valence electrons. The third kappa shape index (κ3) is 5.13. The smallest absolute Gasteiger partial charge is 0.435 e. The Kier molecular flexibility index (Phi) is 5.89. The fourth-order valence-electron chi connectivity index (χ4n) is 2.19. The van der Waals surface area contributed by atoms with Crippen LogP contribution in [0, 0.1) is 0 Å². The van der Waals surface area contributed by atoms with E-state index in [0.29, 0.717) is 24.5 Å². The average Bonchev–Trinajstić information content (AvgIpc) is 3.03. The van der Waals surface area contributed by atoms with Crippen molar-refractivity contribution < 1.29 is 27.4 Å². The van der Waals surface area contributed by atoms with Crippen molar-refractivity contribution in [1.29, 1.82) is 0 Å². The molecule has 2 aromatic rings. The first-order valence-corrected chi connectivity index (χ1v) is 7.41. The van der Waals surface area contributed by atoms with E-state index >= 15 is 0 Å². The van der Waals surface area contributed by atoms with Crippen molar-refractivity contribution in [2.45, 2.75) is 19.1 Å². The molecule has 1 aromatic carbocycles. The minimum Gasteiger partial charge on any atom is -0.493 e. The Morgan fingerprint density at radius 2 is 1.92 bits per heavy atom. The molecule has 0 aliphatic carbocycles. The van der Waals surface area contributed by atoms with Crippen LogP contribution in [-0.4, -0.2) is 36.5 Å². The molecule has 9 heteroatoms. The molecule has 0 bridgehead atoms. The summed E-state index contributed by atoms with van der Waals surface area (Å²) in [7, 11) is 3.07. The number of ether oxygens (including phenoxy) is 2. The molecule has 0 atom stereocenters. The predicted molar refractivity (Wildman–Crippen MR) is 83.5 cm³/mol. The number of nitrogens with zero attached hydrogens (tertiary/aromatic N) is 2. The third-order valence-corrected chi connectivity index (χ3v) is 3.42. The van der Waals surface area contributed by atoms with E-state index in [4.69, 9.17) is 9.47 Å². The van der Waals surface area contributed by atoms with Gasteiger partial charge >= 0.3 is 6.18 Å². The van der Waals surface area contributed by atoms with Crippen molar-refractivity contribution >= 4 is 5.91 Å². The molecule has 0 aliphatic heterocycles. The highest BCUT2D eigenvalue weighted by atomic mass is 19.4. The summed E-state index contributed by atoms with van der Waals surface area (Å²) < 4.78 is 48.6. The number of hydrogen-bond acceptors (Lipinski definition) is 4. The highest BCUT2D eigenvalue weighted by Crippen LogP contribution is 2.28. The Balaban J connectivity index is 1.83. The maximum Gasteiger partial charge on any atom is 0.435 e. The van der Waals surface area contributed by atoms with Gasteiger partial charge in [-0.25, -0.2) is 0 Å². The third-order valence-electron chi connectivity index (χ3n) is 3.42. The largest absolute Gasteiger partial charge is 0.493 e. The lowest BCUT2D eigenvalue weighted by Crippen LogP contribution is -2.29.